The number of hydrogen-bond acceptors (Lipinski definition) is 2. The van der Waals surface area contributed by atoms with Gasteiger partial charge in [0, 0.05) is 31.2 Å². The van der Waals surface area contributed by atoms with Crippen LogP contribution in [0.25, 0.3) is 0 Å². The molecule has 2 aromatic rings. The van der Waals surface area contributed by atoms with Crippen LogP contribution in [0.3, 0.4) is 0 Å². The van der Waals surface area contributed by atoms with Gasteiger partial charge < -0.3 is 14.9 Å². The van der Waals surface area contributed by atoms with Crippen LogP contribution in [0.15, 0.2) is 31.0 Å². The van der Waals surface area contributed by atoms with Crippen LogP contribution in [-0.2, 0) is 13.1 Å². The minimum atomic E-state index is 0.0948. The van der Waals surface area contributed by atoms with Gasteiger partial charge in [-0.05, 0) is 25.5 Å². The van der Waals surface area contributed by atoms with Gasteiger partial charge in [0.2, 0.25) is 0 Å². The van der Waals surface area contributed by atoms with E-state index in [1.54, 1.807) is 0 Å². The molecule has 0 saturated carbocycles. The van der Waals surface area contributed by atoms with Crippen LogP contribution >= 0.6 is 0 Å². The molecule has 2 rings (SSSR count). The van der Waals surface area contributed by atoms with Gasteiger partial charge in [0.25, 0.3) is 0 Å². The van der Waals surface area contributed by atoms with Gasteiger partial charge in [-0.15, -0.1) is 0 Å². The van der Waals surface area contributed by atoms with Crippen LogP contribution in [-0.4, -0.2) is 14.1 Å². The Morgan fingerprint density at radius 3 is 2.94 bits per heavy atom. The molecule has 2 N–H and O–H groups in total. The van der Waals surface area contributed by atoms with E-state index in [1.165, 1.54) is 11.3 Å². The Morgan fingerprint density at radius 2 is 2.31 bits per heavy atom. The quantitative estimate of drug-likeness (QED) is 0.850. The Kier molecular flexibility index (Phi) is 3.10. The molecule has 0 aliphatic rings. The molecule has 0 spiro atoms. The third kappa shape index (κ3) is 2.17. The van der Waals surface area contributed by atoms with Crippen molar-refractivity contribution in [2.75, 3.05) is 0 Å². The van der Waals surface area contributed by atoms with Gasteiger partial charge >= 0.3 is 0 Å². The zero-order valence-corrected chi connectivity index (χ0v) is 9.80. The van der Waals surface area contributed by atoms with Crippen molar-refractivity contribution in [2.45, 2.75) is 33.0 Å². The first kappa shape index (κ1) is 11.0. The van der Waals surface area contributed by atoms with Gasteiger partial charge in [-0.2, -0.15) is 0 Å². The molecule has 2 heterocycles. The van der Waals surface area contributed by atoms with E-state index in [9.17, 15) is 0 Å². The second-order valence-electron chi connectivity index (χ2n) is 4.08. The van der Waals surface area contributed by atoms with E-state index in [0.717, 1.165) is 13.1 Å². The highest BCUT2D eigenvalue weighted by molar-refractivity contribution is 5.15. The first-order valence-corrected chi connectivity index (χ1v) is 5.61. The Bertz CT molecular complexity index is 453. The number of aromatic nitrogens is 3. The van der Waals surface area contributed by atoms with Crippen molar-refractivity contribution in [1.29, 1.82) is 0 Å². The van der Waals surface area contributed by atoms with E-state index < -0.39 is 0 Å². The molecular formula is C12H18N4. The molecule has 1 unspecified atom stereocenters. The minimum absolute atomic E-state index is 0.0948. The van der Waals surface area contributed by atoms with Crippen LogP contribution in [0.1, 0.15) is 31.1 Å². The normalized spacial score (nSPS) is 12.9. The molecule has 0 fully saturated rings. The molecule has 0 amide bonds. The first-order chi connectivity index (χ1) is 7.70. The van der Waals surface area contributed by atoms with Crippen LogP contribution in [0.5, 0.6) is 0 Å². The highest BCUT2D eigenvalue weighted by Gasteiger charge is 2.04. The van der Waals surface area contributed by atoms with E-state index in [4.69, 9.17) is 5.73 Å². The molecule has 0 aliphatic carbocycles. The van der Waals surface area contributed by atoms with Crippen molar-refractivity contribution in [3.8, 4) is 0 Å². The second-order valence-corrected chi connectivity index (χ2v) is 4.08. The molecule has 0 radical (unpaired) electrons. The Labute approximate surface area is 95.7 Å². The second kappa shape index (κ2) is 4.53. The molecule has 0 saturated heterocycles. The van der Waals surface area contributed by atoms with Gasteiger partial charge in [-0.1, -0.05) is 0 Å². The summed E-state index contributed by atoms with van der Waals surface area (Å²) < 4.78 is 4.29. The lowest BCUT2D eigenvalue weighted by Crippen LogP contribution is -2.06. The van der Waals surface area contributed by atoms with Gasteiger partial charge in [0.1, 0.15) is 0 Å². The zero-order valence-electron chi connectivity index (χ0n) is 9.80. The summed E-state index contributed by atoms with van der Waals surface area (Å²) in [7, 11) is 0. The minimum Gasteiger partial charge on any atom is -0.348 e. The third-order valence-corrected chi connectivity index (χ3v) is 2.78. The number of nitrogens with two attached hydrogens (primary N) is 1. The van der Waals surface area contributed by atoms with Crippen LogP contribution in [0, 0.1) is 0 Å². The molecule has 4 nitrogen and oxygen atoms in total. The molecule has 4 heteroatoms. The molecule has 2 aromatic heterocycles. The summed E-state index contributed by atoms with van der Waals surface area (Å²) in [5.74, 6) is 0. The highest BCUT2D eigenvalue weighted by Crippen LogP contribution is 2.11. The summed E-state index contributed by atoms with van der Waals surface area (Å²) in [6.07, 6.45) is 7.93. The number of rotatable bonds is 4. The average molecular weight is 218 g/mol. The van der Waals surface area contributed by atoms with E-state index in [2.05, 4.69) is 39.5 Å². The summed E-state index contributed by atoms with van der Waals surface area (Å²) >= 11 is 0. The number of aryl methyl sites for hydroxylation is 1. The summed E-state index contributed by atoms with van der Waals surface area (Å²) in [6.45, 7) is 5.92. The van der Waals surface area contributed by atoms with Gasteiger partial charge in [-0.3, -0.25) is 0 Å². The van der Waals surface area contributed by atoms with Crippen molar-refractivity contribution in [2.24, 2.45) is 5.73 Å². The van der Waals surface area contributed by atoms with Crippen molar-refractivity contribution in [3.05, 3.63) is 42.2 Å². The van der Waals surface area contributed by atoms with Gasteiger partial charge in [0.05, 0.1) is 18.6 Å². The molecule has 0 aromatic carbocycles. The maximum Gasteiger partial charge on any atom is 0.0948 e. The van der Waals surface area contributed by atoms with E-state index >= 15 is 0 Å². The molecular weight excluding hydrogens is 200 g/mol. The highest BCUT2D eigenvalue weighted by atomic mass is 15.1. The standard InChI is InChI=1S/C12H18N4/c1-3-16-9-14-6-12(16)8-15-5-4-11(7-15)10(2)13/h4-7,9-10H,3,8,13H2,1-2H3. The van der Waals surface area contributed by atoms with Gasteiger partial charge in [0.15, 0.2) is 0 Å². The maximum absolute atomic E-state index is 5.83. The lowest BCUT2D eigenvalue weighted by atomic mass is 10.2. The van der Waals surface area contributed by atoms with Crippen molar-refractivity contribution < 1.29 is 0 Å². The van der Waals surface area contributed by atoms with Crippen molar-refractivity contribution in [3.63, 3.8) is 0 Å². The largest absolute Gasteiger partial charge is 0.348 e. The third-order valence-electron chi connectivity index (χ3n) is 2.78. The number of nitrogens with zero attached hydrogens (tertiary/aromatic N) is 3. The number of imidazole rings is 1. The lowest BCUT2D eigenvalue weighted by Gasteiger charge is -2.06. The molecule has 16 heavy (non-hydrogen) atoms. The van der Waals surface area contributed by atoms with E-state index in [-0.39, 0.29) is 6.04 Å². The Hall–Kier alpha value is -1.55. The monoisotopic (exact) mass is 218 g/mol. The molecule has 0 bridgehead atoms. The summed E-state index contributed by atoms with van der Waals surface area (Å²) in [5, 5.41) is 0. The maximum atomic E-state index is 5.83. The predicted molar refractivity (Wildman–Crippen MR) is 64.0 cm³/mol. The molecule has 1 atom stereocenters. The van der Waals surface area contributed by atoms with Crippen LogP contribution in [0.2, 0.25) is 0 Å². The smallest absolute Gasteiger partial charge is 0.0948 e. The van der Waals surface area contributed by atoms with Crippen molar-refractivity contribution >= 4 is 0 Å². The van der Waals surface area contributed by atoms with E-state index in [1.807, 2.05) is 19.4 Å². The molecule has 0 aliphatic heterocycles. The van der Waals surface area contributed by atoms with E-state index in [0.29, 0.717) is 0 Å². The fraction of sp³-hybridized carbons (Fsp3) is 0.417. The Morgan fingerprint density at radius 1 is 1.50 bits per heavy atom. The molecule has 86 valence electrons. The van der Waals surface area contributed by atoms with Gasteiger partial charge in [-0.25, -0.2) is 4.98 Å². The topological polar surface area (TPSA) is 48.8 Å². The fourth-order valence-corrected chi connectivity index (χ4v) is 1.78. The average Bonchev–Trinajstić information content (AvgIpc) is 2.87. The summed E-state index contributed by atoms with van der Waals surface area (Å²) in [6, 6.07) is 2.16. The van der Waals surface area contributed by atoms with Crippen LogP contribution < -0.4 is 5.73 Å². The summed E-state index contributed by atoms with van der Waals surface area (Å²) in [5.41, 5.74) is 8.21. The van der Waals surface area contributed by atoms with Crippen LogP contribution in [0.4, 0.5) is 0 Å². The van der Waals surface area contributed by atoms with Crippen molar-refractivity contribution in [1.82, 2.24) is 14.1 Å². The number of hydrogen-bond donors (Lipinski definition) is 1. The lowest BCUT2D eigenvalue weighted by molar-refractivity contribution is 0.668. The predicted octanol–water partition coefficient (Wildman–Crippen LogP) is 1.77. The first-order valence-electron chi connectivity index (χ1n) is 5.61. The SMILES string of the molecule is CCn1cncc1Cn1ccc(C(C)N)c1. The Balaban J connectivity index is 2.14. The zero-order chi connectivity index (χ0) is 11.5. The summed E-state index contributed by atoms with van der Waals surface area (Å²) in [4.78, 5) is 4.16. The fourth-order valence-electron chi connectivity index (χ4n) is 1.78.